The maximum absolute atomic E-state index is 16.2. The molecule has 20 heteroatoms. The molecule has 9 rings (SSSR count). The van der Waals surface area contributed by atoms with Gasteiger partial charge in [0.1, 0.15) is 6.04 Å². The normalized spacial score (nSPS) is 20.9. The highest BCUT2D eigenvalue weighted by molar-refractivity contribution is 7.92. The SMILES string of the molecule is CCCS(=O)(=O)Nc1cccc(-c2nc(C3(C)CCN(C(=O)CC4CCN(C5CCN(c6ccc7c(c6)C(=O)N([C@@H]6CCC(=O)NC6=O)C7=O)CC5)CC4)CC3)sc2-c2ccnc(N)n2)c1F. The Morgan fingerprint density at radius 1 is 0.925 bits per heavy atom. The van der Waals surface area contributed by atoms with E-state index in [1.807, 2.05) is 11.0 Å². The van der Waals surface area contributed by atoms with Crippen LogP contribution in [-0.2, 0) is 29.8 Å². The van der Waals surface area contributed by atoms with Crippen molar-refractivity contribution in [2.45, 2.75) is 95.6 Å². The molecule has 5 aliphatic rings. The lowest BCUT2D eigenvalue weighted by Crippen LogP contribution is -2.54. The summed E-state index contributed by atoms with van der Waals surface area (Å²) in [5.74, 6) is -2.41. The average molecular weight is 955 g/mol. The average Bonchev–Trinajstić information content (AvgIpc) is 3.87. The van der Waals surface area contributed by atoms with Gasteiger partial charge in [0.2, 0.25) is 33.7 Å². The molecule has 5 aliphatic heterocycles. The van der Waals surface area contributed by atoms with Crippen molar-refractivity contribution in [2.24, 2.45) is 5.92 Å². The van der Waals surface area contributed by atoms with Crippen molar-refractivity contribution >= 4 is 68.2 Å². The number of hydrogen-bond donors (Lipinski definition) is 3. The molecular formula is C47H55FN10O7S2. The Hall–Kier alpha value is -5.86. The molecule has 0 saturated carbocycles. The summed E-state index contributed by atoms with van der Waals surface area (Å²) in [6, 6.07) is 10.9. The predicted molar refractivity (Wildman–Crippen MR) is 251 cm³/mol. The van der Waals surface area contributed by atoms with Crippen molar-refractivity contribution in [2.75, 3.05) is 60.4 Å². The van der Waals surface area contributed by atoms with Gasteiger partial charge >= 0.3 is 0 Å². The first-order valence-electron chi connectivity index (χ1n) is 23.1. The van der Waals surface area contributed by atoms with Gasteiger partial charge in [-0.1, -0.05) is 19.9 Å². The van der Waals surface area contributed by atoms with Gasteiger partial charge in [-0.2, -0.15) is 0 Å². The third-order valence-electron chi connectivity index (χ3n) is 14.1. The molecular weight excluding hydrogens is 900 g/mol. The highest BCUT2D eigenvalue weighted by atomic mass is 32.2. The number of thiazole rings is 1. The second-order valence-corrected chi connectivity index (χ2v) is 21.4. The van der Waals surface area contributed by atoms with E-state index in [9.17, 15) is 32.4 Å². The Morgan fingerprint density at radius 2 is 1.66 bits per heavy atom. The Morgan fingerprint density at radius 3 is 2.36 bits per heavy atom. The Balaban J connectivity index is 0.779. The summed E-state index contributed by atoms with van der Waals surface area (Å²) in [4.78, 5) is 86.3. The number of amides is 5. The van der Waals surface area contributed by atoms with Gasteiger partial charge in [-0.25, -0.2) is 27.8 Å². The monoisotopic (exact) mass is 954 g/mol. The van der Waals surface area contributed by atoms with Gasteiger partial charge in [0.15, 0.2) is 5.82 Å². The van der Waals surface area contributed by atoms with E-state index in [1.165, 1.54) is 23.6 Å². The van der Waals surface area contributed by atoms with Crippen LogP contribution in [0.5, 0.6) is 0 Å². The van der Waals surface area contributed by atoms with Gasteiger partial charge in [-0.05, 0) is 107 Å². The molecule has 17 nitrogen and oxygen atoms in total. The molecule has 354 valence electrons. The summed E-state index contributed by atoms with van der Waals surface area (Å²) < 4.78 is 43.8. The maximum atomic E-state index is 16.2. The Bertz CT molecular complexity index is 2730. The zero-order chi connectivity index (χ0) is 47.2. The van der Waals surface area contributed by atoms with E-state index in [0.717, 1.165) is 67.5 Å². The summed E-state index contributed by atoms with van der Waals surface area (Å²) >= 11 is 1.40. The van der Waals surface area contributed by atoms with Gasteiger partial charge in [-0.15, -0.1) is 11.3 Å². The number of nitrogen functional groups attached to an aromatic ring is 1. The van der Waals surface area contributed by atoms with E-state index < -0.39 is 50.9 Å². The topological polar surface area (TPSA) is 221 Å². The molecule has 1 atom stereocenters. The molecule has 2 aromatic heterocycles. The standard InChI is InChI=1S/C47H55FN10O7S2/c1-3-25-67(64,65)54-34-6-4-5-32(39(34)48)40-41(35-11-18-50-46(49)51-35)66-45(53-40)47(2)16-23-57(24-17-47)38(60)26-28-12-19-55(20-13-28)29-14-21-56(22-15-29)30-7-8-31-33(27-30)44(63)58(43(31)62)36-9-10-37(59)52-42(36)61/h4-8,11,18,27-29,36,54H,3,9-10,12-17,19-26H2,1-2H3,(H2,49,50,51)(H,52,59,61)/t36-/m1/s1. The number of imide groups is 2. The molecule has 0 radical (unpaired) electrons. The minimum atomic E-state index is -3.75. The number of halogens is 1. The van der Waals surface area contributed by atoms with Crippen LogP contribution in [0.2, 0.25) is 0 Å². The Labute approximate surface area is 392 Å². The van der Waals surface area contributed by atoms with Crippen LogP contribution in [0.25, 0.3) is 21.8 Å². The van der Waals surface area contributed by atoms with Crippen LogP contribution in [0.15, 0.2) is 48.7 Å². The van der Waals surface area contributed by atoms with Gasteiger partial charge in [0.05, 0.1) is 43.8 Å². The van der Waals surface area contributed by atoms with Crippen molar-refractivity contribution in [3.63, 3.8) is 0 Å². The number of benzene rings is 2. The lowest BCUT2D eigenvalue weighted by atomic mass is 9.80. The molecule has 0 bridgehead atoms. The number of nitrogens with two attached hydrogens (primary N) is 1. The molecule has 5 amide bonds. The van der Waals surface area contributed by atoms with Crippen LogP contribution in [-0.4, -0.2) is 125 Å². The number of fused-ring (bicyclic) bond motifs is 1. The molecule has 0 aliphatic carbocycles. The highest BCUT2D eigenvalue weighted by Gasteiger charge is 2.45. The third-order valence-corrected chi connectivity index (χ3v) is 17.0. The molecule has 0 spiro atoms. The number of sulfonamides is 1. The van der Waals surface area contributed by atoms with E-state index in [0.29, 0.717) is 67.0 Å². The first-order chi connectivity index (χ1) is 32.1. The van der Waals surface area contributed by atoms with Gasteiger partial charge in [0.25, 0.3) is 11.8 Å². The molecule has 4 saturated heterocycles. The summed E-state index contributed by atoms with van der Waals surface area (Å²) in [6.07, 6.45) is 7.70. The van der Waals surface area contributed by atoms with Crippen LogP contribution >= 0.6 is 11.3 Å². The number of anilines is 3. The fourth-order valence-corrected chi connectivity index (χ4v) is 12.6. The van der Waals surface area contributed by atoms with Gasteiger partial charge in [-0.3, -0.25) is 38.9 Å². The number of carbonyl (C=O) groups is 5. The van der Waals surface area contributed by atoms with Crippen LogP contribution < -0.4 is 20.7 Å². The van der Waals surface area contributed by atoms with Crippen molar-refractivity contribution < 1.29 is 36.8 Å². The second kappa shape index (κ2) is 18.7. The molecule has 7 heterocycles. The zero-order valence-electron chi connectivity index (χ0n) is 37.6. The first-order valence-corrected chi connectivity index (χ1v) is 25.6. The fourth-order valence-electron chi connectivity index (χ4n) is 10.2. The number of nitrogens with one attached hydrogen (secondary N) is 2. The van der Waals surface area contributed by atoms with Crippen LogP contribution in [0.4, 0.5) is 21.7 Å². The number of likely N-dealkylation sites (tertiary alicyclic amines) is 2. The fraction of sp³-hybridized carbons (Fsp3) is 0.489. The first kappa shape index (κ1) is 46.3. The molecule has 4 fully saturated rings. The quantitative estimate of drug-likeness (QED) is 0.156. The summed E-state index contributed by atoms with van der Waals surface area (Å²) in [5.41, 5.74) is 7.76. The molecule has 2 aromatic carbocycles. The highest BCUT2D eigenvalue weighted by Crippen LogP contribution is 2.45. The number of piperidine rings is 4. The number of nitrogens with zero attached hydrogens (tertiary/aromatic N) is 7. The number of carbonyl (C=O) groups excluding carboxylic acids is 5. The smallest absolute Gasteiger partial charge is 0.262 e. The van der Waals surface area contributed by atoms with Crippen LogP contribution in [0.3, 0.4) is 0 Å². The van der Waals surface area contributed by atoms with Crippen molar-refractivity contribution in [1.29, 1.82) is 0 Å². The molecule has 0 unspecified atom stereocenters. The largest absolute Gasteiger partial charge is 0.371 e. The van der Waals surface area contributed by atoms with Gasteiger partial charge < -0.3 is 20.4 Å². The summed E-state index contributed by atoms with van der Waals surface area (Å²) in [5, 5.41) is 3.01. The summed E-state index contributed by atoms with van der Waals surface area (Å²) in [7, 11) is -3.75. The summed E-state index contributed by atoms with van der Waals surface area (Å²) in [6.45, 7) is 8.42. The Kier molecular flexibility index (Phi) is 12.9. The predicted octanol–water partition coefficient (Wildman–Crippen LogP) is 5.19. The van der Waals surface area contributed by atoms with E-state index >= 15 is 4.39 Å². The number of aromatic nitrogens is 3. The molecule has 4 aromatic rings. The second-order valence-electron chi connectivity index (χ2n) is 18.6. The van der Waals surface area contributed by atoms with Crippen molar-refractivity contribution in [1.82, 2.24) is 35.0 Å². The molecule has 4 N–H and O–H groups in total. The third kappa shape index (κ3) is 9.39. The molecule has 67 heavy (non-hydrogen) atoms. The van der Waals surface area contributed by atoms with E-state index in [2.05, 4.69) is 36.7 Å². The van der Waals surface area contributed by atoms with Crippen molar-refractivity contribution in [3.05, 3.63) is 70.6 Å². The minimum Gasteiger partial charge on any atom is -0.371 e. The lowest BCUT2D eigenvalue weighted by Gasteiger charge is -2.43. The number of rotatable bonds is 12. The van der Waals surface area contributed by atoms with Crippen LogP contribution in [0, 0.1) is 11.7 Å². The van der Waals surface area contributed by atoms with Gasteiger partial charge in [0, 0.05) is 67.9 Å². The maximum Gasteiger partial charge on any atom is 0.262 e. The lowest BCUT2D eigenvalue weighted by molar-refractivity contribution is -0.136. The van der Waals surface area contributed by atoms with E-state index in [1.54, 1.807) is 37.3 Å². The van der Waals surface area contributed by atoms with Crippen LogP contribution in [0.1, 0.15) is 104 Å². The zero-order valence-corrected chi connectivity index (χ0v) is 39.3. The van der Waals surface area contributed by atoms with E-state index in [-0.39, 0.29) is 52.8 Å². The minimum absolute atomic E-state index is 0.0573. The van der Waals surface area contributed by atoms with Crippen molar-refractivity contribution in [3.8, 4) is 21.8 Å². The number of hydrogen-bond acceptors (Lipinski definition) is 14. The van der Waals surface area contributed by atoms with E-state index in [4.69, 9.17) is 10.7 Å².